The van der Waals surface area contributed by atoms with Crippen molar-refractivity contribution >= 4 is 5.69 Å². The van der Waals surface area contributed by atoms with Gasteiger partial charge in [0.2, 0.25) is 0 Å². The summed E-state index contributed by atoms with van der Waals surface area (Å²) in [6, 6.07) is 8.66. The number of benzene rings is 1. The fourth-order valence-corrected chi connectivity index (χ4v) is 2.58. The van der Waals surface area contributed by atoms with Gasteiger partial charge in [0.05, 0.1) is 0 Å². The third-order valence-corrected chi connectivity index (χ3v) is 3.92. The number of rotatable bonds is 5. The highest BCUT2D eigenvalue weighted by atomic mass is 15.2. The SMILES string of the molecule is CC(C)c1ccccc1NCCN1CCN(C)CC1. The molecule has 0 saturated carbocycles. The lowest BCUT2D eigenvalue weighted by molar-refractivity contribution is 0.158. The molecule has 1 aromatic carbocycles. The van der Waals surface area contributed by atoms with E-state index < -0.39 is 0 Å². The van der Waals surface area contributed by atoms with E-state index in [1.807, 2.05) is 0 Å². The molecule has 106 valence electrons. The Balaban J connectivity index is 1.79. The average Bonchev–Trinajstić information content (AvgIpc) is 2.41. The molecular weight excluding hydrogens is 234 g/mol. The van der Waals surface area contributed by atoms with Gasteiger partial charge in [0.15, 0.2) is 0 Å². The first-order chi connectivity index (χ1) is 9.16. The van der Waals surface area contributed by atoms with Gasteiger partial charge in [0.25, 0.3) is 0 Å². The predicted octanol–water partition coefficient (Wildman–Crippen LogP) is 2.47. The summed E-state index contributed by atoms with van der Waals surface area (Å²) in [6.07, 6.45) is 0. The van der Waals surface area contributed by atoms with Crippen molar-refractivity contribution in [1.29, 1.82) is 0 Å². The van der Waals surface area contributed by atoms with Crippen LogP contribution in [0.15, 0.2) is 24.3 Å². The van der Waals surface area contributed by atoms with Gasteiger partial charge < -0.3 is 10.2 Å². The van der Waals surface area contributed by atoms with E-state index in [2.05, 4.69) is 60.3 Å². The van der Waals surface area contributed by atoms with Crippen molar-refractivity contribution in [2.45, 2.75) is 19.8 Å². The zero-order valence-electron chi connectivity index (χ0n) is 12.5. The van der Waals surface area contributed by atoms with Crippen molar-refractivity contribution < 1.29 is 0 Å². The highest BCUT2D eigenvalue weighted by molar-refractivity contribution is 5.52. The number of nitrogens with one attached hydrogen (secondary N) is 1. The molecule has 1 heterocycles. The van der Waals surface area contributed by atoms with Crippen molar-refractivity contribution in [3.63, 3.8) is 0 Å². The molecule has 19 heavy (non-hydrogen) atoms. The van der Waals surface area contributed by atoms with Crippen LogP contribution in [0.4, 0.5) is 5.69 Å². The van der Waals surface area contributed by atoms with E-state index in [0.29, 0.717) is 5.92 Å². The largest absolute Gasteiger partial charge is 0.384 e. The lowest BCUT2D eigenvalue weighted by Crippen LogP contribution is -2.45. The molecule has 1 N–H and O–H groups in total. The van der Waals surface area contributed by atoms with Crippen molar-refractivity contribution in [2.24, 2.45) is 0 Å². The van der Waals surface area contributed by atoms with Gasteiger partial charge in [-0.15, -0.1) is 0 Å². The first-order valence-electron chi connectivity index (χ1n) is 7.40. The van der Waals surface area contributed by atoms with Crippen LogP contribution < -0.4 is 5.32 Å². The van der Waals surface area contributed by atoms with Gasteiger partial charge in [0.1, 0.15) is 0 Å². The Labute approximate surface area is 117 Å². The molecule has 1 saturated heterocycles. The second-order valence-corrected chi connectivity index (χ2v) is 5.81. The lowest BCUT2D eigenvalue weighted by Gasteiger charge is -2.32. The molecule has 0 bridgehead atoms. The normalized spacial score (nSPS) is 17.9. The highest BCUT2D eigenvalue weighted by Crippen LogP contribution is 2.23. The number of hydrogen-bond donors (Lipinski definition) is 1. The smallest absolute Gasteiger partial charge is 0.0375 e. The number of likely N-dealkylation sites (N-methyl/N-ethyl adjacent to an activating group) is 1. The first kappa shape index (κ1) is 14.4. The van der Waals surface area contributed by atoms with Crippen molar-refractivity contribution in [3.05, 3.63) is 29.8 Å². The van der Waals surface area contributed by atoms with Crippen LogP contribution >= 0.6 is 0 Å². The Kier molecular flexibility index (Phi) is 5.23. The summed E-state index contributed by atoms with van der Waals surface area (Å²) in [5.74, 6) is 0.576. The summed E-state index contributed by atoms with van der Waals surface area (Å²) in [6.45, 7) is 11.5. The molecule has 3 heteroatoms. The molecule has 1 fully saturated rings. The first-order valence-corrected chi connectivity index (χ1v) is 7.40. The van der Waals surface area contributed by atoms with Gasteiger partial charge in [-0.2, -0.15) is 0 Å². The lowest BCUT2D eigenvalue weighted by atomic mass is 10.0. The van der Waals surface area contributed by atoms with E-state index in [1.54, 1.807) is 0 Å². The highest BCUT2D eigenvalue weighted by Gasteiger charge is 2.13. The van der Waals surface area contributed by atoms with Gasteiger partial charge >= 0.3 is 0 Å². The molecule has 0 unspecified atom stereocenters. The number of nitrogens with zero attached hydrogens (tertiary/aromatic N) is 2. The molecular formula is C16H27N3. The van der Waals surface area contributed by atoms with E-state index in [0.717, 1.165) is 13.1 Å². The molecule has 2 rings (SSSR count). The second kappa shape index (κ2) is 6.92. The van der Waals surface area contributed by atoms with Gasteiger partial charge in [-0.1, -0.05) is 32.0 Å². The van der Waals surface area contributed by atoms with Crippen LogP contribution in [-0.2, 0) is 0 Å². The molecule has 1 aliphatic rings. The van der Waals surface area contributed by atoms with E-state index in [9.17, 15) is 0 Å². The van der Waals surface area contributed by atoms with Crippen LogP contribution in [0, 0.1) is 0 Å². The van der Waals surface area contributed by atoms with Crippen LogP contribution in [0.1, 0.15) is 25.3 Å². The van der Waals surface area contributed by atoms with Gasteiger partial charge in [-0.25, -0.2) is 0 Å². The Morgan fingerprint density at radius 3 is 2.47 bits per heavy atom. The summed E-state index contributed by atoms with van der Waals surface area (Å²) in [4.78, 5) is 4.95. The second-order valence-electron chi connectivity index (χ2n) is 5.81. The van der Waals surface area contributed by atoms with Crippen LogP contribution in [0.2, 0.25) is 0 Å². The fourth-order valence-electron chi connectivity index (χ4n) is 2.58. The molecule has 0 aromatic heterocycles. The molecule has 0 radical (unpaired) electrons. The van der Waals surface area contributed by atoms with E-state index in [4.69, 9.17) is 0 Å². The summed E-state index contributed by atoms with van der Waals surface area (Å²) in [5, 5.41) is 3.60. The zero-order chi connectivity index (χ0) is 13.7. The third kappa shape index (κ3) is 4.22. The monoisotopic (exact) mass is 261 g/mol. The zero-order valence-corrected chi connectivity index (χ0v) is 12.5. The Morgan fingerprint density at radius 2 is 1.79 bits per heavy atom. The average molecular weight is 261 g/mol. The minimum atomic E-state index is 0.576. The quantitative estimate of drug-likeness (QED) is 0.878. The summed E-state index contributed by atoms with van der Waals surface area (Å²) in [7, 11) is 2.20. The Bertz CT molecular complexity index is 381. The summed E-state index contributed by atoms with van der Waals surface area (Å²) in [5.41, 5.74) is 2.72. The molecule has 3 nitrogen and oxygen atoms in total. The fraction of sp³-hybridized carbons (Fsp3) is 0.625. The maximum absolute atomic E-state index is 3.60. The van der Waals surface area contributed by atoms with E-state index >= 15 is 0 Å². The number of hydrogen-bond acceptors (Lipinski definition) is 3. The number of para-hydroxylation sites is 1. The summed E-state index contributed by atoms with van der Waals surface area (Å²) >= 11 is 0. The van der Waals surface area contributed by atoms with Crippen molar-refractivity contribution in [1.82, 2.24) is 9.80 Å². The molecule has 0 spiro atoms. The van der Waals surface area contributed by atoms with Gasteiger partial charge in [-0.05, 0) is 24.6 Å². The minimum Gasteiger partial charge on any atom is -0.384 e. The standard InChI is InChI=1S/C16H27N3/c1-14(2)15-6-4-5-7-16(15)17-8-9-19-12-10-18(3)11-13-19/h4-7,14,17H,8-13H2,1-3H3. The third-order valence-electron chi connectivity index (χ3n) is 3.92. The van der Waals surface area contributed by atoms with E-state index in [-0.39, 0.29) is 0 Å². The van der Waals surface area contributed by atoms with E-state index in [1.165, 1.54) is 37.4 Å². The Morgan fingerprint density at radius 1 is 1.11 bits per heavy atom. The Hall–Kier alpha value is -1.06. The van der Waals surface area contributed by atoms with Crippen LogP contribution in [-0.4, -0.2) is 56.1 Å². The van der Waals surface area contributed by atoms with Crippen LogP contribution in [0.3, 0.4) is 0 Å². The molecule has 0 atom stereocenters. The minimum absolute atomic E-state index is 0.576. The van der Waals surface area contributed by atoms with Crippen molar-refractivity contribution in [3.8, 4) is 0 Å². The van der Waals surface area contributed by atoms with Gasteiger partial charge in [-0.3, -0.25) is 4.90 Å². The predicted molar refractivity (Wildman–Crippen MR) is 83.0 cm³/mol. The summed E-state index contributed by atoms with van der Waals surface area (Å²) < 4.78 is 0. The van der Waals surface area contributed by atoms with Crippen LogP contribution in [0.5, 0.6) is 0 Å². The van der Waals surface area contributed by atoms with Crippen molar-refractivity contribution in [2.75, 3.05) is 51.6 Å². The topological polar surface area (TPSA) is 18.5 Å². The maximum Gasteiger partial charge on any atom is 0.0375 e. The number of anilines is 1. The maximum atomic E-state index is 3.60. The number of piperazine rings is 1. The molecule has 1 aromatic rings. The molecule has 0 amide bonds. The van der Waals surface area contributed by atoms with Gasteiger partial charge in [0, 0.05) is 45.0 Å². The molecule has 0 aliphatic carbocycles. The van der Waals surface area contributed by atoms with Crippen LogP contribution in [0.25, 0.3) is 0 Å². The molecule has 1 aliphatic heterocycles.